The molecule has 4 aromatic heterocycles. The van der Waals surface area contributed by atoms with Crippen LogP contribution in [0, 0.1) is 0 Å². The number of methoxy groups -OCH3 is 1. The van der Waals surface area contributed by atoms with Crippen molar-refractivity contribution < 1.29 is 22.7 Å². The summed E-state index contributed by atoms with van der Waals surface area (Å²) in [6, 6.07) is 1.83. The van der Waals surface area contributed by atoms with Gasteiger partial charge in [0.15, 0.2) is 22.0 Å². The minimum atomic E-state index is -4.80. The third-order valence-corrected chi connectivity index (χ3v) is 5.93. The van der Waals surface area contributed by atoms with Crippen molar-refractivity contribution in [3.63, 3.8) is 0 Å². The normalized spacial score (nSPS) is 17.7. The number of carbonyl (C=O) groups is 1. The molecule has 5 rings (SSSR count). The Morgan fingerprint density at radius 2 is 1.94 bits per heavy atom. The third-order valence-electron chi connectivity index (χ3n) is 5.47. The Morgan fingerprint density at radius 1 is 1.20 bits per heavy atom. The van der Waals surface area contributed by atoms with Gasteiger partial charge in [-0.1, -0.05) is 23.2 Å². The van der Waals surface area contributed by atoms with E-state index in [-0.39, 0.29) is 38.7 Å². The average molecular weight is 528 g/mol. The number of aromatic nitrogens is 7. The van der Waals surface area contributed by atoms with Gasteiger partial charge < -0.3 is 10.1 Å². The molecule has 1 atom stereocenters. The molecule has 0 spiro atoms. The van der Waals surface area contributed by atoms with Crippen LogP contribution in [0.2, 0.25) is 10.2 Å². The van der Waals surface area contributed by atoms with E-state index in [1.54, 1.807) is 0 Å². The van der Waals surface area contributed by atoms with Gasteiger partial charge in [0.05, 0.1) is 60.0 Å². The van der Waals surface area contributed by atoms with Crippen LogP contribution in [-0.2, 0) is 10.2 Å². The lowest BCUT2D eigenvalue weighted by Gasteiger charge is -2.31. The molecule has 0 aromatic carbocycles. The highest BCUT2D eigenvalue weighted by atomic mass is 35.5. The predicted molar refractivity (Wildman–Crippen MR) is 118 cm³/mol. The van der Waals surface area contributed by atoms with Crippen LogP contribution in [-0.4, -0.2) is 67.0 Å². The molecule has 1 aliphatic heterocycles. The van der Waals surface area contributed by atoms with Gasteiger partial charge in [-0.15, -0.1) is 4.80 Å². The van der Waals surface area contributed by atoms with Crippen molar-refractivity contribution in [2.24, 2.45) is 0 Å². The van der Waals surface area contributed by atoms with Gasteiger partial charge in [0.2, 0.25) is 0 Å². The monoisotopic (exact) mass is 527 g/mol. The number of hydrogen-bond donors (Lipinski definition) is 1. The largest absolute Gasteiger partial charge is 0.404 e. The van der Waals surface area contributed by atoms with Gasteiger partial charge in [0.25, 0.3) is 0 Å². The van der Waals surface area contributed by atoms with Crippen molar-refractivity contribution >= 4 is 46.3 Å². The Kier molecular flexibility index (Phi) is 5.53. The number of fused-ring (bicyclic) bond motifs is 3. The van der Waals surface area contributed by atoms with E-state index >= 15 is 0 Å². The summed E-state index contributed by atoms with van der Waals surface area (Å²) in [4.78, 5) is 23.5. The fraction of sp³-hybridized carbons (Fsp3) is 0.263. The van der Waals surface area contributed by atoms with Crippen molar-refractivity contribution in [1.29, 1.82) is 0 Å². The minimum Gasteiger partial charge on any atom is -0.383 e. The molecular formula is C19H14Cl2F3N9O2. The highest BCUT2D eigenvalue weighted by Gasteiger charge is 2.64. The molecule has 2 amide bonds. The third kappa shape index (κ3) is 3.73. The lowest BCUT2D eigenvalue weighted by molar-refractivity contribution is -0.199. The number of halogens is 5. The fourth-order valence-electron chi connectivity index (χ4n) is 3.98. The topological polar surface area (TPSA) is 115 Å². The van der Waals surface area contributed by atoms with Gasteiger partial charge in [-0.05, 0) is 6.07 Å². The highest BCUT2D eigenvalue weighted by Crippen LogP contribution is 2.50. The highest BCUT2D eigenvalue weighted by molar-refractivity contribution is 6.32. The lowest BCUT2D eigenvalue weighted by Crippen LogP contribution is -2.51. The molecule has 11 nitrogen and oxygen atoms in total. The van der Waals surface area contributed by atoms with E-state index in [4.69, 9.17) is 27.9 Å². The molecule has 1 N–H and O–H groups in total. The van der Waals surface area contributed by atoms with Crippen LogP contribution >= 0.6 is 23.2 Å². The Hall–Kier alpha value is -3.49. The molecule has 35 heavy (non-hydrogen) atoms. The number of urea groups is 1. The van der Waals surface area contributed by atoms with Crippen LogP contribution in [0.25, 0.3) is 11.5 Å². The van der Waals surface area contributed by atoms with Crippen LogP contribution in [0.1, 0.15) is 5.69 Å². The van der Waals surface area contributed by atoms with E-state index in [1.807, 2.05) is 0 Å². The summed E-state index contributed by atoms with van der Waals surface area (Å²) in [7, 11) is 1.15. The van der Waals surface area contributed by atoms with Crippen molar-refractivity contribution in [3.05, 3.63) is 52.8 Å². The lowest BCUT2D eigenvalue weighted by atomic mass is 9.86. The first-order valence-electron chi connectivity index (χ1n) is 9.86. The Morgan fingerprint density at radius 3 is 2.60 bits per heavy atom. The number of nitrogens with one attached hydrogen (secondary N) is 1. The van der Waals surface area contributed by atoms with Crippen molar-refractivity contribution in [1.82, 2.24) is 34.6 Å². The molecule has 0 saturated heterocycles. The quantitative estimate of drug-likeness (QED) is 0.431. The molecule has 182 valence electrons. The molecular weight excluding hydrogens is 514 g/mol. The van der Waals surface area contributed by atoms with Crippen LogP contribution in [0.3, 0.4) is 0 Å². The van der Waals surface area contributed by atoms with Gasteiger partial charge in [0.1, 0.15) is 0 Å². The molecule has 0 aliphatic carbocycles. The Bertz CT molecular complexity index is 1430. The average Bonchev–Trinajstić information content (AvgIpc) is 3.50. The standard InChI is InChI=1S/C19H14Cl2F3N9O2/c1-35-9-18(19(22,23)24)8-31(12-7-25-14-5-13(21)30-32(14)15(12)18)17(34)29-10-4-11(20)16(26-6-10)33-27-2-3-28-33/h2-7H,8-9H2,1H3,(H,29,34)/t18-/m0/s1. The number of amides is 2. The summed E-state index contributed by atoms with van der Waals surface area (Å²) >= 11 is 12.2. The summed E-state index contributed by atoms with van der Waals surface area (Å²) in [6.45, 7) is -1.54. The zero-order chi connectivity index (χ0) is 25.0. The molecule has 4 aromatic rings. The second-order valence-corrected chi connectivity index (χ2v) is 8.40. The van der Waals surface area contributed by atoms with Crippen molar-refractivity contribution in [2.75, 3.05) is 30.5 Å². The Balaban J connectivity index is 1.54. The fourth-order valence-corrected chi connectivity index (χ4v) is 4.40. The molecule has 16 heteroatoms. The maximum absolute atomic E-state index is 14.5. The first-order valence-corrected chi connectivity index (χ1v) is 10.6. The smallest absolute Gasteiger partial charge is 0.383 e. The van der Waals surface area contributed by atoms with E-state index in [9.17, 15) is 18.0 Å². The maximum Gasteiger partial charge on any atom is 0.404 e. The van der Waals surface area contributed by atoms with Gasteiger partial charge in [-0.3, -0.25) is 4.90 Å². The number of nitrogens with zero attached hydrogens (tertiary/aromatic N) is 8. The number of alkyl halides is 3. The van der Waals surface area contributed by atoms with Gasteiger partial charge in [-0.2, -0.15) is 28.5 Å². The summed E-state index contributed by atoms with van der Waals surface area (Å²) in [5.41, 5.74) is -2.75. The number of pyridine rings is 1. The molecule has 0 fully saturated rings. The van der Waals surface area contributed by atoms with Crippen molar-refractivity contribution in [2.45, 2.75) is 11.6 Å². The van der Waals surface area contributed by atoms with Crippen molar-refractivity contribution in [3.8, 4) is 5.82 Å². The number of ether oxygens (including phenoxy) is 1. The SMILES string of the molecule is COC[C@@]1(C(F)(F)F)CN(C(=O)Nc2cnc(-n3nccn3)c(Cl)c2)c2cnc3cc(Cl)nn3c21. The van der Waals surface area contributed by atoms with Crippen LogP contribution in [0.15, 0.2) is 36.9 Å². The number of hydrogen-bond acceptors (Lipinski definition) is 7. The second-order valence-electron chi connectivity index (χ2n) is 7.61. The molecule has 5 heterocycles. The first-order chi connectivity index (χ1) is 16.6. The van der Waals surface area contributed by atoms with Gasteiger partial charge in [0, 0.05) is 13.2 Å². The summed E-state index contributed by atoms with van der Waals surface area (Å²) < 4.78 is 49.6. The second kappa shape index (κ2) is 8.32. The van der Waals surface area contributed by atoms with E-state index in [2.05, 4.69) is 30.6 Å². The van der Waals surface area contributed by atoms with Gasteiger partial charge >= 0.3 is 12.2 Å². The van der Waals surface area contributed by atoms with E-state index in [1.165, 1.54) is 41.7 Å². The zero-order valence-corrected chi connectivity index (χ0v) is 19.2. The maximum atomic E-state index is 14.5. The summed E-state index contributed by atoms with van der Waals surface area (Å²) in [5.74, 6) is 0.208. The van der Waals surface area contributed by atoms with Gasteiger partial charge in [-0.25, -0.2) is 19.3 Å². The van der Waals surface area contributed by atoms with Crippen LogP contribution in [0.4, 0.5) is 29.3 Å². The molecule has 1 aliphatic rings. The van der Waals surface area contributed by atoms with E-state index < -0.39 is 30.8 Å². The molecule has 0 unspecified atom stereocenters. The van der Waals surface area contributed by atoms with E-state index in [0.29, 0.717) is 0 Å². The van der Waals surface area contributed by atoms with E-state index in [0.717, 1.165) is 16.5 Å². The summed E-state index contributed by atoms with van der Waals surface area (Å²) in [6.07, 6.45) is 0.513. The number of anilines is 2. The van der Waals surface area contributed by atoms with Crippen LogP contribution in [0.5, 0.6) is 0 Å². The zero-order valence-electron chi connectivity index (χ0n) is 17.7. The first kappa shape index (κ1) is 23.3. The number of rotatable bonds is 4. The predicted octanol–water partition coefficient (Wildman–Crippen LogP) is 3.51. The minimum absolute atomic E-state index is 0.0465. The molecule has 0 saturated carbocycles. The number of carbonyl (C=O) groups excluding carboxylic acids is 1. The summed E-state index contributed by atoms with van der Waals surface area (Å²) in [5, 5.41) is 14.4. The Labute approximate surface area is 204 Å². The molecule has 0 radical (unpaired) electrons. The molecule has 0 bridgehead atoms. The van der Waals surface area contributed by atoms with Crippen LogP contribution < -0.4 is 10.2 Å².